The summed E-state index contributed by atoms with van der Waals surface area (Å²) in [5.41, 5.74) is 0. The van der Waals surface area contributed by atoms with E-state index in [9.17, 15) is 5.11 Å². The molecule has 0 rings (SSSR count). The van der Waals surface area contributed by atoms with Crippen molar-refractivity contribution in [1.82, 2.24) is 5.32 Å². The van der Waals surface area contributed by atoms with Crippen LogP contribution in [-0.4, -0.2) is 37.5 Å². The van der Waals surface area contributed by atoms with Crippen molar-refractivity contribution in [3.63, 3.8) is 0 Å². The first-order valence-electron chi connectivity index (χ1n) is 7.17. The third-order valence-corrected chi connectivity index (χ3v) is 2.72. The van der Waals surface area contributed by atoms with Gasteiger partial charge in [-0.25, -0.2) is 0 Å². The second-order valence-electron chi connectivity index (χ2n) is 4.55. The summed E-state index contributed by atoms with van der Waals surface area (Å²) in [7, 11) is 0. The van der Waals surface area contributed by atoms with Gasteiger partial charge < -0.3 is 15.2 Å². The predicted molar refractivity (Wildman–Crippen MR) is 76.5 cm³/mol. The van der Waals surface area contributed by atoms with E-state index in [2.05, 4.69) is 24.1 Å². The Kier molecular flexibility index (Phi) is 14.0. The van der Waals surface area contributed by atoms with Crippen LogP contribution in [-0.2, 0) is 4.74 Å². The lowest BCUT2D eigenvalue weighted by molar-refractivity contribution is 0.0360. The van der Waals surface area contributed by atoms with Gasteiger partial charge in [0.25, 0.3) is 0 Å². The average Bonchev–Trinajstić information content (AvgIpc) is 2.38. The summed E-state index contributed by atoms with van der Waals surface area (Å²) in [6, 6.07) is 0. The summed E-state index contributed by atoms with van der Waals surface area (Å²) in [5, 5.41) is 12.6. The molecule has 1 unspecified atom stereocenters. The van der Waals surface area contributed by atoms with E-state index in [1.807, 2.05) is 6.92 Å². The fraction of sp³-hybridized carbons (Fsp3) is 0.867. The summed E-state index contributed by atoms with van der Waals surface area (Å²) in [6.45, 7) is 6.39. The van der Waals surface area contributed by atoms with E-state index in [1.54, 1.807) is 0 Å². The number of aliphatic hydroxyl groups excluding tert-OH is 1. The third-order valence-electron chi connectivity index (χ3n) is 2.72. The molecule has 0 radical (unpaired) electrons. The number of ether oxygens (including phenoxy) is 1. The van der Waals surface area contributed by atoms with E-state index in [1.165, 1.54) is 32.1 Å². The highest BCUT2D eigenvalue weighted by molar-refractivity contribution is 4.96. The van der Waals surface area contributed by atoms with Gasteiger partial charge in [0.15, 0.2) is 0 Å². The van der Waals surface area contributed by atoms with Gasteiger partial charge in [0.2, 0.25) is 0 Å². The zero-order chi connectivity index (χ0) is 13.5. The summed E-state index contributed by atoms with van der Waals surface area (Å²) in [5.74, 6) is 5.69. The second kappa shape index (κ2) is 14.5. The Morgan fingerprint density at radius 2 is 1.89 bits per heavy atom. The van der Waals surface area contributed by atoms with E-state index in [-0.39, 0.29) is 0 Å². The minimum atomic E-state index is -0.427. The van der Waals surface area contributed by atoms with Crippen molar-refractivity contribution >= 4 is 0 Å². The quantitative estimate of drug-likeness (QED) is 0.415. The lowest BCUT2D eigenvalue weighted by Crippen LogP contribution is -2.30. The highest BCUT2D eigenvalue weighted by Gasteiger charge is 2.02. The molecule has 0 aromatic heterocycles. The van der Waals surface area contributed by atoms with Gasteiger partial charge in [-0.2, -0.15) is 0 Å². The Hall–Kier alpha value is -0.560. The first-order chi connectivity index (χ1) is 8.81. The zero-order valence-electron chi connectivity index (χ0n) is 12.0. The normalized spacial score (nSPS) is 11.9. The van der Waals surface area contributed by atoms with Gasteiger partial charge >= 0.3 is 0 Å². The van der Waals surface area contributed by atoms with E-state index < -0.39 is 6.10 Å². The third kappa shape index (κ3) is 13.5. The second-order valence-corrected chi connectivity index (χ2v) is 4.55. The molecular formula is C15H29NO2. The van der Waals surface area contributed by atoms with Crippen LogP contribution in [0.5, 0.6) is 0 Å². The number of aliphatic hydroxyl groups is 1. The van der Waals surface area contributed by atoms with Crippen LogP contribution in [0.15, 0.2) is 0 Å². The largest absolute Gasteiger partial charge is 0.389 e. The first kappa shape index (κ1) is 17.4. The SMILES string of the molecule is CC#CCNCC(O)COCCCCCCCC. The van der Waals surface area contributed by atoms with Gasteiger partial charge in [-0.05, 0) is 13.3 Å². The monoisotopic (exact) mass is 255 g/mol. The topological polar surface area (TPSA) is 41.5 Å². The van der Waals surface area contributed by atoms with Gasteiger partial charge in [-0.3, -0.25) is 0 Å². The van der Waals surface area contributed by atoms with E-state index in [0.717, 1.165) is 13.0 Å². The maximum absolute atomic E-state index is 9.59. The average molecular weight is 255 g/mol. The molecule has 2 N–H and O–H groups in total. The molecule has 0 aromatic carbocycles. The number of hydrogen-bond acceptors (Lipinski definition) is 3. The zero-order valence-corrected chi connectivity index (χ0v) is 12.0. The van der Waals surface area contributed by atoms with Crippen molar-refractivity contribution in [2.75, 3.05) is 26.3 Å². The van der Waals surface area contributed by atoms with E-state index in [4.69, 9.17) is 4.74 Å². The lowest BCUT2D eigenvalue weighted by atomic mass is 10.1. The number of nitrogens with one attached hydrogen (secondary N) is 1. The molecule has 0 aliphatic carbocycles. The molecule has 3 heteroatoms. The molecule has 0 aliphatic rings. The Balaban J connectivity index is 3.14. The summed E-state index contributed by atoms with van der Waals surface area (Å²) >= 11 is 0. The Labute approximate surface area is 112 Å². The maximum atomic E-state index is 9.59. The highest BCUT2D eigenvalue weighted by atomic mass is 16.5. The van der Waals surface area contributed by atoms with Crippen LogP contribution in [0, 0.1) is 11.8 Å². The Bertz CT molecular complexity index is 220. The van der Waals surface area contributed by atoms with Crippen LogP contribution in [0.1, 0.15) is 52.4 Å². The molecule has 106 valence electrons. The Morgan fingerprint density at radius 3 is 2.61 bits per heavy atom. The fourth-order valence-corrected chi connectivity index (χ4v) is 1.65. The number of hydrogen-bond donors (Lipinski definition) is 2. The van der Waals surface area contributed by atoms with Crippen LogP contribution >= 0.6 is 0 Å². The standard InChI is InChI=1S/C15H29NO2/c1-3-5-7-8-9-10-12-18-14-15(17)13-16-11-6-4-2/h15-17H,3,5,7-14H2,1-2H3. The van der Waals surface area contributed by atoms with Crippen LogP contribution in [0.2, 0.25) is 0 Å². The molecule has 0 aliphatic heterocycles. The summed E-state index contributed by atoms with van der Waals surface area (Å²) in [4.78, 5) is 0. The molecule has 0 aromatic rings. The van der Waals surface area contributed by atoms with Crippen molar-refractivity contribution < 1.29 is 9.84 Å². The van der Waals surface area contributed by atoms with Gasteiger partial charge in [0.05, 0.1) is 19.3 Å². The lowest BCUT2D eigenvalue weighted by Gasteiger charge is -2.11. The summed E-state index contributed by atoms with van der Waals surface area (Å²) in [6.07, 6.45) is 7.18. The van der Waals surface area contributed by atoms with Gasteiger partial charge in [0.1, 0.15) is 0 Å². The maximum Gasteiger partial charge on any atom is 0.0897 e. The van der Waals surface area contributed by atoms with E-state index >= 15 is 0 Å². The van der Waals surface area contributed by atoms with Gasteiger partial charge in [0, 0.05) is 13.2 Å². The molecule has 0 bridgehead atoms. The molecule has 0 heterocycles. The molecular weight excluding hydrogens is 226 g/mol. The van der Waals surface area contributed by atoms with Crippen molar-refractivity contribution in [1.29, 1.82) is 0 Å². The van der Waals surface area contributed by atoms with Crippen LogP contribution in [0.25, 0.3) is 0 Å². The van der Waals surface area contributed by atoms with Gasteiger partial charge in [-0.15, -0.1) is 5.92 Å². The predicted octanol–water partition coefficient (Wildman–Crippen LogP) is 2.34. The van der Waals surface area contributed by atoms with Crippen molar-refractivity contribution in [3.8, 4) is 11.8 Å². The van der Waals surface area contributed by atoms with Crippen molar-refractivity contribution in [2.45, 2.75) is 58.5 Å². The first-order valence-corrected chi connectivity index (χ1v) is 7.17. The van der Waals surface area contributed by atoms with Crippen LogP contribution < -0.4 is 5.32 Å². The number of rotatable bonds is 12. The highest BCUT2D eigenvalue weighted by Crippen LogP contribution is 2.04. The molecule has 18 heavy (non-hydrogen) atoms. The molecule has 0 saturated heterocycles. The van der Waals surface area contributed by atoms with Crippen molar-refractivity contribution in [3.05, 3.63) is 0 Å². The molecule has 0 spiro atoms. The van der Waals surface area contributed by atoms with Gasteiger partial charge in [-0.1, -0.05) is 44.9 Å². The van der Waals surface area contributed by atoms with Crippen molar-refractivity contribution in [2.24, 2.45) is 0 Å². The molecule has 1 atom stereocenters. The molecule has 0 saturated carbocycles. The minimum Gasteiger partial charge on any atom is -0.389 e. The minimum absolute atomic E-state index is 0.418. The Morgan fingerprint density at radius 1 is 1.17 bits per heavy atom. The fourth-order valence-electron chi connectivity index (χ4n) is 1.65. The summed E-state index contributed by atoms with van der Waals surface area (Å²) < 4.78 is 5.43. The smallest absolute Gasteiger partial charge is 0.0897 e. The molecule has 3 nitrogen and oxygen atoms in total. The van der Waals surface area contributed by atoms with Crippen LogP contribution in [0.3, 0.4) is 0 Å². The molecule has 0 fully saturated rings. The van der Waals surface area contributed by atoms with E-state index in [0.29, 0.717) is 19.7 Å². The van der Waals surface area contributed by atoms with Crippen LogP contribution in [0.4, 0.5) is 0 Å². The molecule has 0 amide bonds. The number of unbranched alkanes of at least 4 members (excludes halogenated alkanes) is 5.